The summed E-state index contributed by atoms with van der Waals surface area (Å²) in [5, 5.41) is 3.56. The van der Waals surface area contributed by atoms with Gasteiger partial charge in [0.25, 0.3) is 0 Å². The van der Waals surface area contributed by atoms with E-state index in [9.17, 15) is 0 Å². The van der Waals surface area contributed by atoms with E-state index in [1.54, 1.807) is 0 Å². The first kappa shape index (κ1) is 13.7. The Kier molecular flexibility index (Phi) is 5.24. The molecule has 3 atom stereocenters. The first-order chi connectivity index (χ1) is 8.26. The maximum Gasteiger partial charge on any atom is 0.0597 e. The van der Waals surface area contributed by atoms with Crippen molar-refractivity contribution in [2.24, 2.45) is 5.84 Å². The number of aryl methyl sites for hydroxylation is 1. The van der Waals surface area contributed by atoms with Crippen LogP contribution >= 0.6 is 34.9 Å². The van der Waals surface area contributed by atoms with Crippen molar-refractivity contribution in [2.75, 3.05) is 11.5 Å². The van der Waals surface area contributed by atoms with Crippen molar-refractivity contribution >= 4 is 34.9 Å². The van der Waals surface area contributed by atoms with Crippen molar-refractivity contribution in [3.63, 3.8) is 0 Å². The molecule has 3 N–H and O–H groups in total. The van der Waals surface area contributed by atoms with Crippen LogP contribution in [-0.4, -0.2) is 22.0 Å². The SMILES string of the molecule is CCC1SCCSC1C(NN)c1csc(C)c1. The lowest BCUT2D eigenvalue weighted by Crippen LogP contribution is -2.41. The largest absolute Gasteiger partial charge is 0.271 e. The summed E-state index contributed by atoms with van der Waals surface area (Å²) < 4.78 is 0. The molecule has 1 fully saturated rings. The lowest BCUT2D eigenvalue weighted by molar-refractivity contribution is 0.515. The zero-order valence-electron chi connectivity index (χ0n) is 10.3. The zero-order chi connectivity index (χ0) is 12.3. The summed E-state index contributed by atoms with van der Waals surface area (Å²) in [4.78, 5) is 1.36. The Morgan fingerprint density at radius 2 is 2.24 bits per heavy atom. The molecule has 0 saturated carbocycles. The summed E-state index contributed by atoms with van der Waals surface area (Å²) in [6.45, 7) is 4.44. The van der Waals surface area contributed by atoms with Gasteiger partial charge in [0.2, 0.25) is 0 Å². The Balaban J connectivity index is 2.16. The number of nitrogens with two attached hydrogens (primary N) is 1. The van der Waals surface area contributed by atoms with Gasteiger partial charge in [-0.3, -0.25) is 11.3 Å². The van der Waals surface area contributed by atoms with E-state index in [1.807, 2.05) is 11.3 Å². The second kappa shape index (κ2) is 6.48. The average molecular weight is 289 g/mol. The molecule has 0 bridgehead atoms. The first-order valence-electron chi connectivity index (χ1n) is 6.00. The monoisotopic (exact) mass is 288 g/mol. The van der Waals surface area contributed by atoms with Crippen molar-refractivity contribution in [2.45, 2.75) is 36.8 Å². The normalized spacial score (nSPS) is 27.0. The molecule has 2 rings (SSSR count). The maximum absolute atomic E-state index is 5.79. The molecule has 0 amide bonds. The summed E-state index contributed by atoms with van der Waals surface area (Å²) >= 11 is 5.99. The van der Waals surface area contributed by atoms with E-state index in [2.05, 4.69) is 54.2 Å². The van der Waals surface area contributed by atoms with Gasteiger partial charge in [-0.1, -0.05) is 6.92 Å². The molecule has 2 nitrogen and oxygen atoms in total. The van der Waals surface area contributed by atoms with E-state index in [4.69, 9.17) is 5.84 Å². The van der Waals surface area contributed by atoms with E-state index in [0.717, 1.165) is 5.25 Å². The summed E-state index contributed by atoms with van der Waals surface area (Å²) in [5.74, 6) is 8.31. The van der Waals surface area contributed by atoms with Gasteiger partial charge in [0, 0.05) is 26.9 Å². The van der Waals surface area contributed by atoms with Gasteiger partial charge >= 0.3 is 0 Å². The molecule has 3 unspecified atom stereocenters. The van der Waals surface area contributed by atoms with Crippen molar-refractivity contribution in [3.05, 3.63) is 21.9 Å². The molecule has 1 aliphatic heterocycles. The second-order valence-corrected chi connectivity index (χ2v) is 8.04. The van der Waals surface area contributed by atoms with Crippen molar-refractivity contribution in [1.82, 2.24) is 5.43 Å². The molecule has 96 valence electrons. The van der Waals surface area contributed by atoms with Crippen LogP contribution < -0.4 is 11.3 Å². The number of hydrogen-bond acceptors (Lipinski definition) is 5. The number of nitrogens with one attached hydrogen (secondary N) is 1. The maximum atomic E-state index is 5.79. The van der Waals surface area contributed by atoms with E-state index in [-0.39, 0.29) is 0 Å². The molecular weight excluding hydrogens is 268 g/mol. The minimum absolute atomic E-state index is 0.294. The van der Waals surface area contributed by atoms with E-state index >= 15 is 0 Å². The fourth-order valence-corrected chi connectivity index (χ4v) is 6.23. The highest BCUT2D eigenvalue weighted by molar-refractivity contribution is 8.07. The molecule has 0 aromatic carbocycles. The van der Waals surface area contributed by atoms with Crippen molar-refractivity contribution in [3.8, 4) is 0 Å². The van der Waals surface area contributed by atoms with Crippen LogP contribution in [0, 0.1) is 6.92 Å². The molecular formula is C12H20N2S3. The molecule has 2 heterocycles. The van der Waals surface area contributed by atoms with Gasteiger partial charge in [0.15, 0.2) is 0 Å². The molecule has 0 aliphatic carbocycles. The molecule has 1 aliphatic rings. The standard InChI is InChI=1S/C12H20N2S3/c1-3-10-12(16-5-4-15-10)11(14-13)9-6-8(2)17-7-9/h6-7,10-12,14H,3-5,13H2,1-2H3. The smallest absolute Gasteiger partial charge is 0.0597 e. The van der Waals surface area contributed by atoms with Gasteiger partial charge in [-0.15, -0.1) is 11.3 Å². The van der Waals surface area contributed by atoms with Crippen LogP contribution in [0.2, 0.25) is 0 Å². The number of rotatable bonds is 4. The van der Waals surface area contributed by atoms with Crippen LogP contribution in [0.4, 0.5) is 0 Å². The Morgan fingerprint density at radius 1 is 1.47 bits per heavy atom. The Hall–Kier alpha value is 0.320. The third-order valence-corrected chi connectivity index (χ3v) is 7.34. The Bertz CT molecular complexity index is 353. The Morgan fingerprint density at radius 3 is 2.82 bits per heavy atom. The minimum Gasteiger partial charge on any atom is -0.271 e. The van der Waals surface area contributed by atoms with E-state index in [1.165, 1.54) is 28.4 Å². The van der Waals surface area contributed by atoms with Crippen LogP contribution in [0.1, 0.15) is 29.8 Å². The van der Waals surface area contributed by atoms with Crippen LogP contribution in [0.25, 0.3) is 0 Å². The zero-order valence-corrected chi connectivity index (χ0v) is 12.8. The van der Waals surface area contributed by atoms with Crippen LogP contribution in [0.15, 0.2) is 11.4 Å². The van der Waals surface area contributed by atoms with Gasteiger partial charge in [0.1, 0.15) is 0 Å². The quantitative estimate of drug-likeness (QED) is 0.659. The van der Waals surface area contributed by atoms with Crippen LogP contribution in [0.3, 0.4) is 0 Å². The molecule has 1 aromatic rings. The van der Waals surface area contributed by atoms with Crippen LogP contribution in [0.5, 0.6) is 0 Å². The van der Waals surface area contributed by atoms with Crippen molar-refractivity contribution in [1.29, 1.82) is 0 Å². The number of thioether (sulfide) groups is 2. The van der Waals surface area contributed by atoms with E-state index < -0.39 is 0 Å². The summed E-state index contributed by atoms with van der Waals surface area (Å²) in [6, 6.07) is 2.56. The van der Waals surface area contributed by atoms with Gasteiger partial charge in [-0.25, -0.2) is 0 Å². The van der Waals surface area contributed by atoms with Crippen LogP contribution in [-0.2, 0) is 0 Å². The predicted octanol–water partition coefficient (Wildman–Crippen LogP) is 3.19. The van der Waals surface area contributed by atoms with Crippen molar-refractivity contribution < 1.29 is 0 Å². The second-order valence-electron chi connectivity index (χ2n) is 4.29. The molecule has 1 saturated heterocycles. The minimum atomic E-state index is 0.294. The lowest BCUT2D eigenvalue weighted by atomic mass is 10.0. The first-order valence-corrected chi connectivity index (χ1v) is 8.98. The average Bonchev–Trinajstić information content (AvgIpc) is 2.77. The fraction of sp³-hybridized carbons (Fsp3) is 0.667. The third-order valence-electron chi connectivity index (χ3n) is 3.11. The molecule has 5 heteroatoms. The van der Waals surface area contributed by atoms with E-state index in [0.29, 0.717) is 11.3 Å². The highest BCUT2D eigenvalue weighted by Gasteiger charge is 2.32. The lowest BCUT2D eigenvalue weighted by Gasteiger charge is -2.35. The highest BCUT2D eigenvalue weighted by Crippen LogP contribution is 2.40. The number of hydrogen-bond donors (Lipinski definition) is 2. The summed E-state index contributed by atoms with van der Waals surface area (Å²) in [7, 11) is 0. The van der Waals surface area contributed by atoms with Gasteiger partial charge < -0.3 is 0 Å². The fourth-order valence-electron chi connectivity index (χ4n) is 2.25. The Labute approximate surface area is 116 Å². The topological polar surface area (TPSA) is 38.0 Å². The predicted molar refractivity (Wildman–Crippen MR) is 81.9 cm³/mol. The third kappa shape index (κ3) is 3.20. The van der Waals surface area contributed by atoms with Gasteiger partial charge in [-0.2, -0.15) is 23.5 Å². The molecule has 1 aromatic heterocycles. The molecule has 0 radical (unpaired) electrons. The molecule has 17 heavy (non-hydrogen) atoms. The van der Waals surface area contributed by atoms with Gasteiger partial charge in [0.05, 0.1) is 6.04 Å². The summed E-state index contributed by atoms with van der Waals surface area (Å²) in [6.07, 6.45) is 1.23. The van der Waals surface area contributed by atoms with Gasteiger partial charge in [-0.05, 0) is 30.4 Å². The molecule has 0 spiro atoms. The highest BCUT2D eigenvalue weighted by atomic mass is 32.2. The number of thiophene rings is 1. The summed E-state index contributed by atoms with van der Waals surface area (Å²) in [5.41, 5.74) is 4.39. The number of hydrazine groups is 1.